The van der Waals surface area contributed by atoms with E-state index in [-0.39, 0.29) is 5.82 Å². The van der Waals surface area contributed by atoms with Crippen LogP contribution in [0.5, 0.6) is 11.5 Å². The molecule has 2 N–H and O–H groups in total. The van der Waals surface area contributed by atoms with Crippen LogP contribution in [-0.2, 0) is 0 Å². The first kappa shape index (κ1) is 15.0. The third kappa shape index (κ3) is 4.02. The predicted molar refractivity (Wildman–Crippen MR) is 82.9 cm³/mol. The van der Waals surface area contributed by atoms with E-state index in [2.05, 4.69) is 10.6 Å². The lowest BCUT2D eigenvalue weighted by molar-refractivity contribution is 0.404. The fraction of sp³-hybridized carbons (Fsp3) is 0.250. The standard InChI is InChI=1S/C16H19FN2O2/c1-20-12-7-8-16(21-2)15(11-12)19-10-9-18-14-6-4-3-5-13(14)17/h3-8,11,18-19H,9-10H2,1-2H3. The lowest BCUT2D eigenvalue weighted by Crippen LogP contribution is -2.14. The summed E-state index contributed by atoms with van der Waals surface area (Å²) in [6, 6.07) is 12.1. The number of methoxy groups -OCH3 is 2. The van der Waals surface area contributed by atoms with Crippen LogP contribution >= 0.6 is 0 Å². The molecule has 0 spiro atoms. The molecule has 0 radical (unpaired) electrons. The smallest absolute Gasteiger partial charge is 0.146 e. The number of halogens is 1. The molecule has 0 amide bonds. The van der Waals surface area contributed by atoms with Gasteiger partial charge in [0.1, 0.15) is 17.3 Å². The number of ether oxygens (including phenoxy) is 2. The van der Waals surface area contributed by atoms with Crippen molar-refractivity contribution in [3.8, 4) is 11.5 Å². The molecule has 0 saturated carbocycles. The van der Waals surface area contributed by atoms with Gasteiger partial charge < -0.3 is 20.1 Å². The largest absolute Gasteiger partial charge is 0.497 e. The molecule has 0 aliphatic rings. The highest BCUT2D eigenvalue weighted by molar-refractivity contribution is 5.60. The average Bonchev–Trinajstić information content (AvgIpc) is 2.52. The Labute approximate surface area is 123 Å². The summed E-state index contributed by atoms with van der Waals surface area (Å²) < 4.78 is 23.9. The van der Waals surface area contributed by atoms with Crippen molar-refractivity contribution >= 4 is 11.4 Å². The lowest BCUT2D eigenvalue weighted by atomic mass is 10.2. The molecule has 2 rings (SSSR count). The highest BCUT2D eigenvalue weighted by Gasteiger charge is 2.04. The van der Waals surface area contributed by atoms with Crippen molar-refractivity contribution in [1.29, 1.82) is 0 Å². The summed E-state index contributed by atoms with van der Waals surface area (Å²) in [6.07, 6.45) is 0. The van der Waals surface area contributed by atoms with Crippen LogP contribution in [0.15, 0.2) is 42.5 Å². The Bertz CT molecular complexity index is 590. The van der Waals surface area contributed by atoms with Crippen molar-refractivity contribution in [2.24, 2.45) is 0 Å². The van der Waals surface area contributed by atoms with Crippen molar-refractivity contribution in [1.82, 2.24) is 0 Å². The molecule has 0 saturated heterocycles. The van der Waals surface area contributed by atoms with Gasteiger partial charge in [0.15, 0.2) is 0 Å². The zero-order valence-electron chi connectivity index (χ0n) is 12.2. The molecular formula is C16H19FN2O2. The molecule has 0 unspecified atom stereocenters. The normalized spacial score (nSPS) is 10.0. The first-order valence-corrected chi connectivity index (χ1v) is 6.69. The Kier molecular flexibility index (Phi) is 5.26. The summed E-state index contributed by atoms with van der Waals surface area (Å²) in [4.78, 5) is 0. The molecule has 0 aliphatic carbocycles. The minimum absolute atomic E-state index is 0.253. The third-order valence-corrected chi connectivity index (χ3v) is 3.04. The zero-order chi connectivity index (χ0) is 15.1. The van der Waals surface area contributed by atoms with Gasteiger partial charge in [0.05, 0.1) is 25.6 Å². The van der Waals surface area contributed by atoms with Crippen LogP contribution in [-0.4, -0.2) is 27.3 Å². The number of rotatable bonds is 7. The van der Waals surface area contributed by atoms with Crippen LogP contribution in [0.25, 0.3) is 0 Å². The van der Waals surface area contributed by atoms with Crippen molar-refractivity contribution in [3.63, 3.8) is 0 Å². The Morgan fingerprint density at radius 1 is 0.905 bits per heavy atom. The van der Waals surface area contributed by atoms with Gasteiger partial charge in [0.2, 0.25) is 0 Å². The topological polar surface area (TPSA) is 42.5 Å². The van der Waals surface area contributed by atoms with E-state index in [4.69, 9.17) is 9.47 Å². The number of benzene rings is 2. The van der Waals surface area contributed by atoms with Crippen LogP contribution in [0.1, 0.15) is 0 Å². The maximum Gasteiger partial charge on any atom is 0.146 e. The second kappa shape index (κ2) is 7.38. The minimum atomic E-state index is -0.253. The Hall–Kier alpha value is -2.43. The van der Waals surface area contributed by atoms with E-state index in [1.165, 1.54) is 6.07 Å². The molecule has 0 aromatic heterocycles. The molecule has 0 atom stereocenters. The van der Waals surface area contributed by atoms with E-state index in [9.17, 15) is 4.39 Å². The number of hydrogen-bond acceptors (Lipinski definition) is 4. The lowest BCUT2D eigenvalue weighted by Gasteiger charge is -2.13. The summed E-state index contributed by atoms with van der Waals surface area (Å²) in [5.74, 6) is 1.23. The van der Waals surface area contributed by atoms with E-state index in [1.54, 1.807) is 32.4 Å². The third-order valence-electron chi connectivity index (χ3n) is 3.04. The molecule has 0 heterocycles. The number of para-hydroxylation sites is 1. The maximum absolute atomic E-state index is 13.4. The van der Waals surface area contributed by atoms with Crippen molar-refractivity contribution in [3.05, 3.63) is 48.3 Å². The highest BCUT2D eigenvalue weighted by atomic mass is 19.1. The fourth-order valence-corrected chi connectivity index (χ4v) is 1.95. The van der Waals surface area contributed by atoms with Crippen LogP contribution in [0.4, 0.5) is 15.8 Å². The number of anilines is 2. The van der Waals surface area contributed by atoms with Crippen LogP contribution in [0.3, 0.4) is 0 Å². The molecule has 0 fully saturated rings. The van der Waals surface area contributed by atoms with Crippen molar-refractivity contribution in [2.45, 2.75) is 0 Å². The van der Waals surface area contributed by atoms with Crippen LogP contribution < -0.4 is 20.1 Å². The summed E-state index contributed by atoms with van der Waals surface area (Å²) >= 11 is 0. The second-order valence-corrected chi connectivity index (χ2v) is 4.40. The Morgan fingerprint density at radius 2 is 1.62 bits per heavy atom. The molecule has 0 bridgehead atoms. The summed E-state index contributed by atoms with van der Waals surface area (Å²) in [5.41, 5.74) is 1.34. The molecule has 2 aromatic rings. The molecule has 21 heavy (non-hydrogen) atoms. The van der Waals surface area contributed by atoms with Gasteiger partial charge in [-0.2, -0.15) is 0 Å². The molecule has 4 nitrogen and oxygen atoms in total. The van der Waals surface area contributed by atoms with Gasteiger partial charge in [-0.15, -0.1) is 0 Å². The average molecular weight is 290 g/mol. The van der Waals surface area contributed by atoms with Crippen LogP contribution in [0, 0.1) is 5.82 Å². The Balaban J connectivity index is 1.90. The molecule has 5 heteroatoms. The molecule has 112 valence electrons. The summed E-state index contributed by atoms with van der Waals surface area (Å²) in [6.45, 7) is 1.21. The van der Waals surface area contributed by atoms with Crippen molar-refractivity contribution < 1.29 is 13.9 Å². The first-order chi connectivity index (χ1) is 10.2. The van der Waals surface area contributed by atoms with Gasteiger partial charge in [-0.25, -0.2) is 4.39 Å². The van der Waals surface area contributed by atoms with Gasteiger partial charge in [-0.3, -0.25) is 0 Å². The maximum atomic E-state index is 13.4. The zero-order valence-corrected chi connectivity index (χ0v) is 12.2. The van der Waals surface area contributed by atoms with Gasteiger partial charge >= 0.3 is 0 Å². The molecule has 0 aliphatic heterocycles. The summed E-state index contributed by atoms with van der Waals surface area (Å²) in [5, 5.41) is 6.28. The van der Waals surface area contributed by atoms with E-state index in [0.29, 0.717) is 18.8 Å². The fourth-order valence-electron chi connectivity index (χ4n) is 1.95. The first-order valence-electron chi connectivity index (χ1n) is 6.69. The quantitative estimate of drug-likeness (QED) is 0.767. The highest BCUT2D eigenvalue weighted by Crippen LogP contribution is 2.28. The van der Waals surface area contributed by atoms with Crippen molar-refractivity contribution in [2.75, 3.05) is 37.9 Å². The summed E-state index contributed by atoms with van der Waals surface area (Å²) in [7, 11) is 3.23. The Morgan fingerprint density at radius 3 is 2.29 bits per heavy atom. The van der Waals surface area contributed by atoms with E-state index in [1.807, 2.05) is 18.2 Å². The molecule has 2 aromatic carbocycles. The molecular weight excluding hydrogens is 271 g/mol. The van der Waals surface area contributed by atoms with E-state index < -0.39 is 0 Å². The minimum Gasteiger partial charge on any atom is -0.497 e. The van der Waals surface area contributed by atoms with Gasteiger partial charge in [0.25, 0.3) is 0 Å². The number of nitrogens with one attached hydrogen (secondary N) is 2. The second-order valence-electron chi connectivity index (χ2n) is 4.40. The SMILES string of the molecule is COc1ccc(OC)c(NCCNc2ccccc2F)c1. The van der Waals surface area contributed by atoms with Gasteiger partial charge in [-0.1, -0.05) is 12.1 Å². The predicted octanol–water partition coefficient (Wildman–Crippen LogP) is 3.37. The van der Waals surface area contributed by atoms with E-state index in [0.717, 1.165) is 17.2 Å². The van der Waals surface area contributed by atoms with Crippen LogP contribution in [0.2, 0.25) is 0 Å². The number of hydrogen-bond donors (Lipinski definition) is 2. The monoisotopic (exact) mass is 290 g/mol. The van der Waals surface area contributed by atoms with Gasteiger partial charge in [0, 0.05) is 19.2 Å². The van der Waals surface area contributed by atoms with E-state index >= 15 is 0 Å². The van der Waals surface area contributed by atoms with Gasteiger partial charge in [-0.05, 0) is 24.3 Å².